The van der Waals surface area contributed by atoms with E-state index in [0.717, 1.165) is 0 Å². The normalized spacial score (nSPS) is 22.1. The Kier molecular flexibility index (Phi) is 6.28. The Balaban J connectivity index is 0.00000180. The maximum absolute atomic E-state index is 11.9. The number of hydrogen-bond donors (Lipinski definition) is 1. The van der Waals surface area contributed by atoms with Gasteiger partial charge in [0.2, 0.25) is 5.91 Å². The molecule has 0 bridgehead atoms. The molecule has 0 aromatic heterocycles. The van der Waals surface area contributed by atoms with Crippen LogP contribution in [0.1, 0.15) is 18.4 Å². The lowest BCUT2D eigenvalue weighted by atomic mass is 9.95. The largest absolute Gasteiger partial charge is 0.372 e. The van der Waals surface area contributed by atoms with Crippen LogP contribution in [0.3, 0.4) is 0 Å². The summed E-state index contributed by atoms with van der Waals surface area (Å²) >= 11 is 0. The number of nitrogens with zero attached hydrogens (tertiary/aromatic N) is 1. The summed E-state index contributed by atoms with van der Waals surface area (Å²) in [6.45, 7) is 3.91. The summed E-state index contributed by atoms with van der Waals surface area (Å²) in [5.74, 6) is 0.266. The van der Waals surface area contributed by atoms with Crippen LogP contribution in [-0.4, -0.2) is 43.2 Å². The molecule has 0 unspecified atom stereocenters. The molecule has 1 aliphatic rings. The smallest absolute Gasteiger partial charge is 0.248 e. The van der Waals surface area contributed by atoms with Crippen molar-refractivity contribution in [3.05, 3.63) is 35.9 Å². The topological polar surface area (TPSA) is 55.6 Å². The molecule has 5 heteroatoms. The predicted octanol–water partition coefficient (Wildman–Crippen LogP) is 1.40. The maximum atomic E-state index is 11.9. The molecule has 2 N–H and O–H groups in total. The molecule has 0 radical (unpaired) electrons. The van der Waals surface area contributed by atoms with Crippen LogP contribution in [0, 0.1) is 0 Å². The van der Waals surface area contributed by atoms with Crippen molar-refractivity contribution in [3.63, 3.8) is 0 Å². The van der Waals surface area contributed by atoms with Crippen LogP contribution in [0.15, 0.2) is 30.3 Å². The number of hydrogen-bond acceptors (Lipinski definition) is 3. The summed E-state index contributed by atoms with van der Waals surface area (Å²) in [5.41, 5.74) is 7.34. The van der Waals surface area contributed by atoms with Crippen LogP contribution < -0.4 is 5.73 Å². The minimum Gasteiger partial charge on any atom is -0.372 e. The number of halogens is 1. The molecule has 2 atom stereocenters. The fourth-order valence-corrected chi connectivity index (χ4v) is 2.37. The van der Waals surface area contributed by atoms with Gasteiger partial charge in [-0.3, -0.25) is 4.79 Å². The van der Waals surface area contributed by atoms with Crippen LogP contribution in [0.2, 0.25) is 0 Å². The van der Waals surface area contributed by atoms with E-state index in [2.05, 4.69) is 12.1 Å². The van der Waals surface area contributed by atoms with Gasteiger partial charge in [0.05, 0.1) is 0 Å². The second kappa shape index (κ2) is 7.48. The van der Waals surface area contributed by atoms with Gasteiger partial charge < -0.3 is 15.4 Å². The maximum Gasteiger partial charge on any atom is 0.248 e. The van der Waals surface area contributed by atoms with Gasteiger partial charge >= 0.3 is 0 Å². The first kappa shape index (κ1) is 16.0. The molecular formula is C14H21ClN2O2. The number of nitrogens with two attached hydrogens (primary N) is 1. The SMILES string of the molecule is CCOCC(=O)N1C[C@@H](N)[C@H](c2ccccc2)C1.Cl. The van der Waals surface area contributed by atoms with Crippen LogP contribution in [-0.2, 0) is 9.53 Å². The molecule has 0 saturated carbocycles. The lowest BCUT2D eigenvalue weighted by Gasteiger charge is -2.16. The number of carbonyl (C=O) groups is 1. The molecule has 1 aromatic rings. The Bertz CT molecular complexity index is 400. The molecule has 0 spiro atoms. The molecule has 1 heterocycles. The first-order valence-electron chi connectivity index (χ1n) is 6.38. The Morgan fingerprint density at radius 1 is 1.37 bits per heavy atom. The van der Waals surface area contributed by atoms with Crippen molar-refractivity contribution in [3.8, 4) is 0 Å². The number of amides is 1. The van der Waals surface area contributed by atoms with Gasteiger partial charge in [-0.15, -0.1) is 12.4 Å². The van der Waals surface area contributed by atoms with Gasteiger partial charge in [0.1, 0.15) is 6.61 Å². The van der Waals surface area contributed by atoms with Crippen molar-refractivity contribution < 1.29 is 9.53 Å². The molecule has 106 valence electrons. The number of likely N-dealkylation sites (tertiary alicyclic amines) is 1. The van der Waals surface area contributed by atoms with Gasteiger partial charge in [0.15, 0.2) is 0 Å². The van der Waals surface area contributed by atoms with E-state index in [1.165, 1.54) is 5.56 Å². The van der Waals surface area contributed by atoms with Crippen LogP contribution in [0.25, 0.3) is 0 Å². The molecule has 1 amide bonds. The average Bonchev–Trinajstić information content (AvgIpc) is 2.79. The number of benzene rings is 1. The van der Waals surface area contributed by atoms with E-state index in [4.69, 9.17) is 10.5 Å². The summed E-state index contributed by atoms with van der Waals surface area (Å²) in [4.78, 5) is 13.7. The molecule has 1 aromatic carbocycles. The fourth-order valence-electron chi connectivity index (χ4n) is 2.37. The van der Waals surface area contributed by atoms with Crippen molar-refractivity contribution in [1.29, 1.82) is 0 Å². The molecule has 1 aliphatic heterocycles. The lowest BCUT2D eigenvalue weighted by molar-refractivity contribution is -0.134. The molecule has 0 aliphatic carbocycles. The molecule has 1 saturated heterocycles. The van der Waals surface area contributed by atoms with E-state index in [9.17, 15) is 4.79 Å². The zero-order valence-electron chi connectivity index (χ0n) is 11.1. The highest BCUT2D eigenvalue weighted by Gasteiger charge is 2.33. The van der Waals surface area contributed by atoms with E-state index < -0.39 is 0 Å². The molecule has 2 rings (SSSR count). The highest BCUT2D eigenvalue weighted by atomic mass is 35.5. The highest BCUT2D eigenvalue weighted by molar-refractivity contribution is 5.85. The number of ether oxygens (including phenoxy) is 1. The van der Waals surface area contributed by atoms with Gasteiger partial charge in [0.25, 0.3) is 0 Å². The fraction of sp³-hybridized carbons (Fsp3) is 0.500. The van der Waals surface area contributed by atoms with Crippen molar-refractivity contribution in [1.82, 2.24) is 4.90 Å². The minimum absolute atomic E-state index is 0. The zero-order chi connectivity index (χ0) is 13.0. The van der Waals surface area contributed by atoms with E-state index >= 15 is 0 Å². The molecule has 1 fully saturated rings. The Morgan fingerprint density at radius 3 is 2.68 bits per heavy atom. The Labute approximate surface area is 120 Å². The Hall–Kier alpha value is -1.10. The zero-order valence-corrected chi connectivity index (χ0v) is 11.9. The van der Waals surface area contributed by atoms with Crippen LogP contribution >= 0.6 is 12.4 Å². The summed E-state index contributed by atoms with van der Waals surface area (Å²) in [5, 5.41) is 0. The predicted molar refractivity (Wildman–Crippen MR) is 77.5 cm³/mol. The van der Waals surface area contributed by atoms with Gasteiger partial charge in [-0.1, -0.05) is 30.3 Å². The van der Waals surface area contributed by atoms with Gasteiger partial charge in [-0.25, -0.2) is 0 Å². The monoisotopic (exact) mass is 284 g/mol. The average molecular weight is 285 g/mol. The van der Waals surface area contributed by atoms with Crippen molar-refractivity contribution in [2.75, 3.05) is 26.3 Å². The van der Waals surface area contributed by atoms with Gasteiger partial charge in [-0.05, 0) is 12.5 Å². The third kappa shape index (κ3) is 3.93. The quantitative estimate of drug-likeness (QED) is 0.909. The third-order valence-corrected chi connectivity index (χ3v) is 3.38. The van der Waals surface area contributed by atoms with Crippen molar-refractivity contribution in [2.45, 2.75) is 18.9 Å². The second-order valence-corrected chi connectivity index (χ2v) is 4.62. The first-order valence-corrected chi connectivity index (χ1v) is 6.38. The minimum atomic E-state index is 0. The second-order valence-electron chi connectivity index (χ2n) is 4.62. The van der Waals surface area contributed by atoms with Crippen molar-refractivity contribution >= 4 is 18.3 Å². The van der Waals surface area contributed by atoms with Crippen LogP contribution in [0.5, 0.6) is 0 Å². The standard InChI is InChI=1S/C14H20N2O2.ClH/c1-2-18-10-14(17)16-8-12(13(15)9-16)11-6-4-3-5-7-11;/h3-7,12-13H,2,8-10,15H2,1H3;1H/t12-,13+;/m0./s1. The summed E-state index contributed by atoms with van der Waals surface area (Å²) in [6.07, 6.45) is 0. The van der Waals surface area contributed by atoms with E-state index in [1.807, 2.05) is 25.1 Å². The van der Waals surface area contributed by atoms with Gasteiger partial charge in [-0.2, -0.15) is 0 Å². The summed E-state index contributed by atoms with van der Waals surface area (Å²) in [6, 6.07) is 10.2. The molecule has 4 nitrogen and oxygen atoms in total. The number of rotatable bonds is 4. The summed E-state index contributed by atoms with van der Waals surface area (Å²) in [7, 11) is 0. The molecule has 19 heavy (non-hydrogen) atoms. The van der Waals surface area contributed by atoms with E-state index in [0.29, 0.717) is 19.7 Å². The Morgan fingerprint density at radius 2 is 2.05 bits per heavy atom. The van der Waals surface area contributed by atoms with E-state index in [1.54, 1.807) is 4.90 Å². The van der Waals surface area contributed by atoms with E-state index in [-0.39, 0.29) is 36.9 Å². The van der Waals surface area contributed by atoms with Crippen molar-refractivity contribution in [2.24, 2.45) is 5.73 Å². The van der Waals surface area contributed by atoms with Crippen LogP contribution in [0.4, 0.5) is 0 Å². The molecular weight excluding hydrogens is 264 g/mol. The first-order chi connectivity index (χ1) is 8.72. The highest BCUT2D eigenvalue weighted by Crippen LogP contribution is 2.26. The number of carbonyl (C=O) groups excluding carboxylic acids is 1. The van der Waals surface area contributed by atoms with Gasteiger partial charge in [0, 0.05) is 31.7 Å². The summed E-state index contributed by atoms with van der Waals surface area (Å²) < 4.78 is 5.15. The lowest BCUT2D eigenvalue weighted by Crippen LogP contribution is -2.34. The third-order valence-electron chi connectivity index (χ3n) is 3.38.